The third-order valence-corrected chi connectivity index (χ3v) is 4.74. The average Bonchev–Trinajstić information content (AvgIpc) is 2.97. The Hall–Kier alpha value is -1.13. The number of rotatable bonds is 3. The Morgan fingerprint density at radius 2 is 2.00 bits per heavy atom. The number of aliphatic hydroxyl groups excluding tert-OH is 1. The summed E-state index contributed by atoms with van der Waals surface area (Å²) < 4.78 is 19.1. The fourth-order valence-electron chi connectivity index (χ4n) is 3.66. The standard InChI is InChI=1S/C17H23FNO2/c1-21-17-9-4-12(18)11-15(17)16-3-2-10-19(16)13-5-7-14(20)8-6-13/h4,9,11,14,16,20H,2-3,5-8,10H2,1H3/t16-/m1/s1. The van der Waals surface area contributed by atoms with Gasteiger partial charge in [0.1, 0.15) is 11.6 Å². The van der Waals surface area contributed by atoms with E-state index in [-0.39, 0.29) is 18.0 Å². The molecular weight excluding hydrogens is 269 g/mol. The second-order valence-corrected chi connectivity index (χ2v) is 6.04. The first-order valence-corrected chi connectivity index (χ1v) is 7.82. The van der Waals surface area contributed by atoms with E-state index < -0.39 is 0 Å². The molecule has 0 amide bonds. The Balaban J connectivity index is 1.82. The van der Waals surface area contributed by atoms with Crippen LogP contribution >= 0.6 is 0 Å². The van der Waals surface area contributed by atoms with Crippen molar-refractivity contribution in [2.75, 3.05) is 13.7 Å². The van der Waals surface area contributed by atoms with E-state index in [1.165, 1.54) is 12.1 Å². The third kappa shape index (κ3) is 3.06. The van der Waals surface area contributed by atoms with Gasteiger partial charge in [-0.3, -0.25) is 4.90 Å². The van der Waals surface area contributed by atoms with Gasteiger partial charge >= 0.3 is 0 Å². The molecule has 0 unspecified atom stereocenters. The van der Waals surface area contributed by atoms with Gasteiger partial charge in [0.05, 0.1) is 13.2 Å². The Bertz CT molecular complexity index is 486. The quantitative estimate of drug-likeness (QED) is 0.926. The molecule has 1 aromatic rings. The molecule has 1 heterocycles. The number of ether oxygens (including phenoxy) is 1. The lowest BCUT2D eigenvalue weighted by Crippen LogP contribution is -2.32. The monoisotopic (exact) mass is 292 g/mol. The first-order chi connectivity index (χ1) is 10.2. The largest absolute Gasteiger partial charge is 0.496 e. The van der Waals surface area contributed by atoms with Crippen LogP contribution in [0.1, 0.15) is 50.1 Å². The first-order valence-electron chi connectivity index (χ1n) is 7.82. The Kier molecular flexibility index (Phi) is 4.45. The molecule has 3 rings (SSSR count). The van der Waals surface area contributed by atoms with Crippen LogP contribution in [-0.2, 0) is 0 Å². The zero-order chi connectivity index (χ0) is 14.8. The minimum absolute atomic E-state index is 0.154. The van der Waals surface area contributed by atoms with E-state index in [0.29, 0.717) is 0 Å². The maximum absolute atomic E-state index is 13.6. The van der Waals surface area contributed by atoms with Crippen molar-refractivity contribution in [2.45, 2.75) is 50.7 Å². The van der Waals surface area contributed by atoms with Crippen LogP contribution in [0.15, 0.2) is 18.2 Å². The van der Waals surface area contributed by atoms with Crippen LogP contribution in [0.5, 0.6) is 5.75 Å². The minimum atomic E-state index is -0.207. The fourth-order valence-corrected chi connectivity index (χ4v) is 3.66. The summed E-state index contributed by atoms with van der Waals surface area (Å²) in [6.07, 6.45) is 5.60. The summed E-state index contributed by atoms with van der Waals surface area (Å²) in [6, 6.07) is 6.40. The number of likely N-dealkylation sites (tertiary alicyclic amines) is 1. The van der Waals surface area contributed by atoms with Gasteiger partial charge in [-0.25, -0.2) is 4.39 Å². The smallest absolute Gasteiger partial charge is 0.123 e. The van der Waals surface area contributed by atoms with Gasteiger partial charge in [0.15, 0.2) is 0 Å². The SMILES string of the molecule is COc1ccc(F)cc1[C@H]1CCCN1[C]1CCC(O)CC1. The first kappa shape index (κ1) is 14.8. The molecule has 1 saturated heterocycles. The molecule has 1 aromatic carbocycles. The second-order valence-electron chi connectivity index (χ2n) is 6.04. The van der Waals surface area contributed by atoms with Crippen molar-refractivity contribution < 1.29 is 14.2 Å². The van der Waals surface area contributed by atoms with Crippen molar-refractivity contribution in [3.8, 4) is 5.75 Å². The van der Waals surface area contributed by atoms with Gasteiger partial charge in [0.25, 0.3) is 0 Å². The molecule has 2 aliphatic rings. The van der Waals surface area contributed by atoms with Gasteiger partial charge < -0.3 is 9.84 Å². The number of hydrogen-bond acceptors (Lipinski definition) is 3. The molecule has 1 radical (unpaired) electrons. The molecule has 1 atom stereocenters. The Morgan fingerprint density at radius 3 is 2.71 bits per heavy atom. The number of hydrogen-bond donors (Lipinski definition) is 1. The molecule has 1 N–H and O–H groups in total. The maximum atomic E-state index is 13.6. The Labute approximate surface area is 125 Å². The van der Waals surface area contributed by atoms with Gasteiger partial charge in [-0.05, 0) is 63.3 Å². The van der Waals surface area contributed by atoms with E-state index >= 15 is 0 Å². The molecule has 0 spiro atoms. The number of methoxy groups -OCH3 is 1. The van der Waals surface area contributed by atoms with Gasteiger partial charge in [0.2, 0.25) is 0 Å². The van der Waals surface area contributed by atoms with E-state index in [4.69, 9.17) is 4.74 Å². The highest BCUT2D eigenvalue weighted by Gasteiger charge is 2.35. The molecule has 115 valence electrons. The van der Waals surface area contributed by atoms with Crippen molar-refractivity contribution in [1.29, 1.82) is 0 Å². The molecule has 4 heteroatoms. The summed E-state index contributed by atoms with van der Waals surface area (Å²) in [7, 11) is 1.64. The average molecular weight is 292 g/mol. The lowest BCUT2D eigenvalue weighted by Gasteiger charge is -2.36. The number of halogens is 1. The molecule has 3 nitrogen and oxygen atoms in total. The maximum Gasteiger partial charge on any atom is 0.123 e. The highest BCUT2D eigenvalue weighted by molar-refractivity contribution is 5.37. The predicted molar refractivity (Wildman–Crippen MR) is 79.4 cm³/mol. The lowest BCUT2D eigenvalue weighted by molar-refractivity contribution is 0.107. The van der Waals surface area contributed by atoms with Crippen LogP contribution < -0.4 is 4.74 Å². The third-order valence-electron chi connectivity index (χ3n) is 4.74. The van der Waals surface area contributed by atoms with Crippen molar-refractivity contribution in [2.24, 2.45) is 0 Å². The molecule has 1 saturated carbocycles. The zero-order valence-electron chi connectivity index (χ0n) is 12.5. The predicted octanol–water partition coefficient (Wildman–Crippen LogP) is 3.44. The van der Waals surface area contributed by atoms with Gasteiger partial charge in [0, 0.05) is 17.6 Å². The molecular formula is C17H23FNO2. The van der Waals surface area contributed by atoms with Crippen LogP contribution in [0.2, 0.25) is 0 Å². The van der Waals surface area contributed by atoms with Crippen molar-refractivity contribution in [3.05, 3.63) is 35.6 Å². The van der Waals surface area contributed by atoms with Gasteiger partial charge in [-0.15, -0.1) is 0 Å². The Morgan fingerprint density at radius 1 is 1.24 bits per heavy atom. The summed E-state index contributed by atoms with van der Waals surface area (Å²) in [4.78, 5) is 2.42. The molecule has 2 fully saturated rings. The van der Waals surface area contributed by atoms with Crippen molar-refractivity contribution in [3.63, 3.8) is 0 Å². The number of nitrogens with zero attached hydrogens (tertiary/aromatic N) is 1. The summed E-state index contributed by atoms with van der Waals surface area (Å²) in [5.41, 5.74) is 0.952. The van der Waals surface area contributed by atoms with E-state index in [0.717, 1.165) is 56.4 Å². The topological polar surface area (TPSA) is 32.7 Å². The van der Waals surface area contributed by atoms with Crippen LogP contribution in [0.4, 0.5) is 4.39 Å². The van der Waals surface area contributed by atoms with Gasteiger partial charge in [-0.1, -0.05) is 0 Å². The van der Waals surface area contributed by atoms with E-state index in [1.807, 2.05) is 0 Å². The number of benzene rings is 1. The van der Waals surface area contributed by atoms with Crippen LogP contribution in [0, 0.1) is 11.9 Å². The summed E-state index contributed by atoms with van der Waals surface area (Å²) in [5.74, 6) is 0.562. The van der Waals surface area contributed by atoms with Crippen LogP contribution in [0.25, 0.3) is 0 Å². The highest BCUT2D eigenvalue weighted by Crippen LogP contribution is 2.43. The number of aliphatic hydroxyl groups is 1. The van der Waals surface area contributed by atoms with E-state index in [2.05, 4.69) is 4.90 Å². The van der Waals surface area contributed by atoms with Crippen LogP contribution in [-0.4, -0.2) is 29.8 Å². The zero-order valence-corrected chi connectivity index (χ0v) is 12.5. The molecule has 1 aliphatic heterocycles. The summed E-state index contributed by atoms with van der Waals surface area (Å²) in [5, 5.41) is 9.67. The normalized spacial score (nSPS) is 25.4. The van der Waals surface area contributed by atoms with Crippen molar-refractivity contribution in [1.82, 2.24) is 4.90 Å². The van der Waals surface area contributed by atoms with E-state index in [9.17, 15) is 9.50 Å². The van der Waals surface area contributed by atoms with E-state index in [1.54, 1.807) is 19.2 Å². The molecule has 0 bridgehead atoms. The molecule has 21 heavy (non-hydrogen) atoms. The van der Waals surface area contributed by atoms with Gasteiger partial charge in [-0.2, -0.15) is 0 Å². The fraction of sp³-hybridized carbons (Fsp3) is 0.588. The second kappa shape index (κ2) is 6.32. The van der Waals surface area contributed by atoms with Crippen LogP contribution in [0.3, 0.4) is 0 Å². The molecule has 1 aliphatic carbocycles. The summed E-state index contributed by atoms with van der Waals surface area (Å²) >= 11 is 0. The highest BCUT2D eigenvalue weighted by atomic mass is 19.1. The lowest BCUT2D eigenvalue weighted by atomic mass is 9.90. The van der Waals surface area contributed by atoms with Crippen molar-refractivity contribution >= 4 is 0 Å². The molecule has 0 aromatic heterocycles. The minimum Gasteiger partial charge on any atom is -0.496 e. The summed E-state index contributed by atoms with van der Waals surface area (Å²) in [6.45, 7) is 1.02.